The lowest BCUT2D eigenvalue weighted by Crippen LogP contribution is -2.11. The van der Waals surface area contributed by atoms with E-state index in [-0.39, 0.29) is 11.4 Å². The van der Waals surface area contributed by atoms with Gasteiger partial charge in [0.25, 0.3) is 5.69 Å². The molecule has 1 aromatic rings. The zero-order valence-corrected chi connectivity index (χ0v) is 10.8. The van der Waals surface area contributed by atoms with Crippen molar-refractivity contribution in [2.75, 3.05) is 12.9 Å². The molecule has 7 heteroatoms. The summed E-state index contributed by atoms with van der Waals surface area (Å²) in [7, 11) is 1.43. The molecular weight excluding hydrogens is 258 g/mol. The third-order valence-corrected chi connectivity index (χ3v) is 3.60. The zero-order valence-electron chi connectivity index (χ0n) is 9.95. The lowest BCUT2D eigenvalue weighted by atomic mass is 10.2. The van der Waals surface area contributed by atoms with Crippen LogP contribution in [0.1, 0.15) is 6.92 Å². The number of methoxy groups -OCH3 is 1. The second kappa shape index (κ2) is 6.25. The van der Waals surface area contributed by atoms with Gasteiger partial charge in [0.15, 0.2) is 0 Å². The van der Waals surface area contributed by atoms with Crippen molar-refractivity contribution in [3.8, 4) is 5.75 Å². The number of rotatable bonds is 6. The van der Waals surface area contributed by atoms with Crippen LogP contribution in [-0.2, 0) is 4.79 Å². The van der Waals surface area contributed by atoms with E-state index >= 15 is 0 Å². The summed E-state index contributed by atoms with van der Waals surface area (Å²) in [4.78, 5) is 21.5. The molecule has 0 aliphatic carbocycles. The third kappa shape index (κ3) is 3.63. The van der Waals surface area contributed by atoms with E-state index in [4.69, 9.17) is 9.84 Å². The minimum atomic E-state index is -0.918. The molecule has 98 valence electrons. The highest BCUT2D eigenvalue weighted by Gasteiger charge is 2.18. The topological polar surface area (TPSA) is 89.7 Å². The summed E-state index contributed by atoms with van der Waals surface area (Å²) in [5.41, 5.74) is -0.0723. The van der Waals surface area contributed by atoms with Gasteiger partial charge in [0.1, 0.15) is 5.75 Å². The Morgan fingerprint density at radius 3 is 2.78 bits per heavy atom. The molecule has 1 aromatic carbocycles. The van der Waals surface area contributed by atoms with Gasteiger partial charge in [0.2, 0.25) is 0 Å². The van der Waals surface area contributed by atoms with Gasteiger partial charge in [-0.15, -0.1) is 11.8 Å². The van der Waals surface area contributed by atoms with E-state index in [9.17, 15) is 14.9 Å². The van der Waals surface area contributed by atoms with Crippen molar-refractivity contribution >= 4 is 23.4 Å². The van der Waals surface area contributed by atoms with Gasteiger partial charge < -0.3 is 9.84 Å². The van der Waals surface area contributed by atoms with Crippen LogP contribution in [0.4, 0.5) is 5.69 Å². The molecule has 0 aliphatic heterocycles. The maximum absolute atomic E-state index is 10.9. The van der Waals surface area contributed by atoms with Gasteiger partial charge in [0.05, 0.1) is 28.9 Å². The van der Waals surface area contributed by atoms with Crippen molar-refractivity contribution < 1.29 is 19.6 Å². The van der Waals surface area contributed by atoms with Crippen molar-refractivity contribution in [1.82, 2.24) is 0 Å². The molecule has 1 unspecified atom stereocenters. The number of carbonyl (C=O) groups is 1. The number of benzene rings is 1. The number of carboxylic acids is 1. The predicted molar refractivity (Wildman–Crippen MR) is 67.2 cm³/mol. The van der Waals surface area contributed by atoms with Gasteiger partial charge in [-0.05, 0) is 12.1 Å². The third-order valence-electron chi connectivity index (χ3n) is 2.27. The van der Waals surface area contributed by atoms with Gasteiger partial charge in [-0.3, -0.25) is 14.9 Å². The maximum atomic E-state index is 10.9. The normalized spacial score (nSPS) is 11.9. The van der Waals surface area contributed by atoms with E-state index in [0.29, 0.717) is 10.6 Å². The molecule has 0 heterocycles. The average Bonchev–Trinajstić information content (AvgIpc) is 2.35. The van der Waals surface area contributed by atoms with Gasteiger partial charge >= 0.3 is 5.97 Å². The van der Waals surface area contributed by atoms with Crippen molar-refractivity contribution in [2.45, 2.75) is 11.8 Å². The minimum absolute atomic E-state index is 0.0723. The van der Waals surface area contributed by atoms with Crippen molar-refractivity contribution in [2.24, 2.45) is 5.92 Å². The number of thioether (sulfide) groups is 1. The molecule has 0 amide bonds. The molecule has 1 rings (SSSR count). The summed E-state index contributed by atoms with van der Waals surface area (Å²) in [5, 5.41) is 19.6. The van der Waals surface area contributed by atoms with E-state index in [1.165, 1.54) is 13.2 Å². The fraction of sp³-hybridized carbons (Fsp3) is 0.364. The number of aliphatic carboxylic acids is 1. The van der Waals surface area contributed by atoms with Gasteiger partial charge in [-0.1, -0.05) is 6.92 Å². The van der Waals surface area contributed by atoms with Crippen LogP contribution in [0.5, 0.6) is 5.75 Å². The number of nitrogens with zero attached hydrogens (tertiary/aromatic N) is 1. The van der Waals surface area contributed by atoms with Crippen LogP contribution in [0.15, 0.2) is 23.1 Å². The molecule has 0 fully saturated rings. The van der Waals surface area contributed by atoms with Crippen LogP contribution in [0, 0.1) is 16.0 Å². The van der Waals surface area contributed by atoms with Crippen LogP contribution in [0.25, 0.3) is 0 Å². The van der Waals surface area contributed by atoms with Crippen LogP contribution in [0.3, 0.4) is 0 Å². The van der Waals surface area contributed by atoms with Crippen molar-refractivity contribution in [3.63, 3.8) is 0 Å². The molecule has 0 radical (unpaired) electrons. The summed E-state index contributed by atoms with van der Waals surface area (Å²) in [6.45, 7) is 1.56. The monoisotopic (exact) mass is 271 g/mol. The van der Waals surface area contributed by atoms with Gasteiger partial charge in [0, 0.05) is 5.75 Å². The molecule has 0 aliphatic rings. The van der Waals surface area contributed by atoms with Crippen LogP contribution in [-0.4, -0.2) is 28.9 Å². The second-order valence-corrected chi connectivity index (χ2v) is 4.70. The first-order valence-corrected chi connectivity index (χ1v) is 6.12. The summed E-state index contributed by atoms with van der Waals surface area (Å²) in [6, 6.07) is 4.50. The predicted octanol–water partition coefficient (Wildman–Crippen LogP) is 2.42. The number of hydrogen-bond acceptors (Lipinski definition) is 5. The Morgan fingerprint density at radius 1 is 1.61 bits per heavy atom. The van der Waals surface area contributed by atoms with Crippen LogP contribution in [0.2, 0.25) is 0 Å². The highest BCUT2D eigenvalue weighted by molar-refractivity contribution is 7.99. The minimum Gasteiger partial charge on any atom is -0.497 e. The van der Waals surface area contributed by atoms with E-state index in [1.54, 1.807) is 19.1 Å². The molecule has 1 atom stereocenters. The summed E-state index contributed by atoms with van der Waals surface area (Å²) >= 11 is 1.15. The molecule has 0 saturated carbocycles. The SMILES string of the molecule is COc1ccc(SCC(C)C(=O)O)c([N+](=O)[O-])c1. The Balaban J connectivity index is 2.88. The Bertz CT molecular complexity index is 463. The van der Waals surface area contributed by atoms with E-state index in [0.717, 1.165) is 11.8 Å². The Hall–Kier alpha value is -1.76. The van der Waals surface area contributed by atoms with E-state index in [2.05, 4.69) is 0 Å². The molecule has 0 saturated heterocycles. The summed E-state index contributed by atoms with van der Waals surface area (Å²) < 4.78 is 4.92. The van der Waals surface area contributed by atoms with Gasteiger partial charge in [-0.25, -0.2) is 0 Å². The highest BCUT2D eigenvalue weighted by atomic mass is 32.2. The molecule has 0 bridgehead atoms. The smallest absolute Gasteiger partial charge is 0.307 e. The Labute approximate surface area is 108 Å². The first-order chi connectivity index (χ1) is 8.45. The molecule has 1 N–H and O–H groups in total. The molecule has 6 nitrogen and oxygen atoms in total. The Kier molecular flexibility index (Phi) is 4.96. The summed E-state index contributed by atoms with van der Waals surface area (Å²) in [5.74, 6) is -0.796. The van der Waals surface area contributed by atoms with E-state index < -0.39 is 16.8 Å². The molecule has 18 heavy (non-hydrogen) atoms. The standard InChI is InChI=1S/C11H13NO5S/c1-7(11(13)14)6-18-10-4-3-8(17-2)5-9(10)12(15)16/h3-5,7H,6H2,1-2H3,(H,13,14). The number of nitro benzene ring substituents is 1. The molecule has 0 spiro atoms. The second-order valence-electron chi connectivity index (χ2n) is 3.64. The van der Waals surface area contributed by atoms with Crippen LogP contribution >= 0.6 is 11.8 Å². The Morgan fingerprint density at radius 2 is 2.28 bits per heavy atom. The van der Waals surface area contributed by atoms with Crippen molar-refractivity contribution in [1.29, 1.82) is 0 Å². The average molecular weight is 271 g/mol. The quantitative estimate of drug-likeness (QED) is 0.485. The number of hydrogen-bond donors (Lipinski definition) is 1. The van der Waals surface area contributed by atoms with E-state index in [1.807, 2.05) is 0 Å². The zero-order chi connectivity index (χ0) is 13.7. The van der Waals surface area contributed by atoms with Crippen LogP contribution < -0.4 is 4.74 Å². The fourth-order valence-corrected chi connectivity index (χ4v) is 2.19. The summed E-state index contributed by atoms with van der Waals surface area (Å²) in [6.07, 6.45) is 0. The molecular formula is C11H13NO5S. The maximum Gasteiger partial charge on any atom is 0.307 e. The fourth-order valence-electron chi connectivity index (χ4n) is 1.17. The lowest BCUT2D eigenvalue weighted by molar-refractivity contribution is -0.387. The van der Waals surface area contributed by atoms with Gasteiger partial charge in [-0.2, -0.15) is 0 Å². The van der Waals surface area contributed by atoms with Crippen molar-refractivity contribution in [3.05, 3.63) is 28.3 Å². The first kappa shape index (κ1) is 14.3. The number of ether oxygens (including phenoxy) is 1. The highest BCUT2D eigenvalue weighted by Crippen LogP contribution is 2.33. The lowest BCUT2D eigenvalue weighted by Gasteiger charge is -2.07. The number of nitro groups is 1. The largest absolute Gasteiger partial charge is 0.497 e. The first-order valence-electron chi connectivity index (χ1n) is 5.13. The number of carboxylic acid groups (broad SMARTS) is 1. The molecule has 0 aromatic heterocycles.